The van der Waals surface area contributed by atoms with E-state index in [2.05, 4.69) is 0 Å². The average Bonchev–Trinajstić information content (AvgIpc) is 2.77. The Balaban J connectivity index is 2.01. The second kappa shape index (κ2) is 5.82. The Morgan fingerprint density at radius 1 is 1.06 bits per heavy atom. The largest absolute Gasteiger partial charge is 0.454 e. The van der Waals surface area contributed by atoms with Gasteiger partial charge in [-0.3, -0.25) is 4.90 Å². The molecule has 0 N–H and O–H groups in total. The first-order valence-electron chi connectivity index (χ1n) is 5.56. The van der Waals surface area contributed by atoms with Crippen LogP contribution < -0.4 is 9.47 Å². The minimum atomic E-state index is -0.468. The van der Waals surface area contributed by atoms with Crippen molar-refractivity contribution in [2.24, 2.45) is 0 Å². The molecule has 0 amide bonds. The molecule has 0 saturated heterocycles. The maximum Gasteiger partial charge on any atom is 0.231 e. The van der Waals surface area contributed by atoms with Crippen molar-refractivity contribution in [1.82, 2.24) is 4.90 Å². The number of nitrogens with zero attached hydrogens (tertiary/aromatic N) is 1. The summed E-state index contributed by atoms with van der Waals surface area (Å²) in [4.78, 5) is 1.73. The van der Waals surface area contributed by atoms with Crippen LogP contribution >= 0.6 is 0 Å². The highest BCUT2D eigenvalue weighted by atomic mass is 19.1. The van der Waals surface area contributed by atoms with E-state index in [0.29, 0.717) is 12.3 Å². The zero-order chi connectivity index (χ0) is 12.1. The highest BCUT2D eigenvalue weighted by Crippen LogP contribution is 2.32. The van der Waals surface area contributed by atoms with Gasteiger partial charge in [0.1, 0.15) is 13.3 Å². The van der Waals surface area contributed by atoms with Crippen molar-refractivity contribution < 1.29 is 18.3 Å². The van der Waals surface area contributed by atoms with Crippen molar-refractivity contribution in [3.63, 3.8) is 0 Å². The molecule has 0 fully saturated rings. The molecule has 0 atom stereocenters. The molecule has 1 heterocycles. The van der Waals surface area contributed by atoms with Gasteiger partial charge in [0, 0.05) is 19.6 Å². The fraction of sp³-hybridized carbons (Fsp3) is 0.500. The summed E-state index contributed by atoms with van der Waals surface area (Å²) in [5.74, 6) is 1.42. The first-order chi connectivity index (χ1) is 8.33. The molecule has 0 saturated carbocycles. The topological polar surface area (TPSA) is 21.7 Å². The summed E-state index contributed by atoms with van der Waals surface area (Å²) < 4.78 is 35.0. The maximum atomic E-state index is 12.3. The van der Waals surface area contributed by atoms with Crippen molar-refractivity contribution in [3.8, 4) is 11.5 Å². The van der Waals surface area contributed by atoms with E-state index in [1.54, 1.807) is 4.90 Å². The second-order valence-corrected chi connectivity index (χ2v) is 3.84. The Labute approximate surface area is 98.9 Å². The highest BCUT2D eigenvalue weighted by molar-refractivity contribution is 5.44. The van der Waals surface area contributed by atoms with Crippen LogP contribution in [0.5, 0.6) is 11.5 Å². The number of benzene rings is 1. The summed E-state index contributed by atoms with van der Waals surface area (Å²) in [5.41, 5.74) is 0.969. The molecular weight excluding hydrogens is 228 g/mol. The molecule has 0 spiro atoms. The number of fused-ring (bicyclic) bond motifs is 1. The van der Waals surface area contributed by atoms with Gasteiger partial charge in [-0.15, -0.1) is 0 Å². The monoisotopic (exact) mass is 243 g/mol. The molecule has 1 aliphatic rings. The van der Waals surface area contributed by atoms with Crippen LogP contribution in [0, 0.1) is 0 Å². The first kappa shape index (κ1) is 12.1. The van der Waals surface area contributed by atoms with Gasteiger partial charge in [0.05, 0.1) is 0 Å². The van der Waals surface area contributed by atoms with Crippen LogP contribution in [0.1, 0.15) is 5.56 Å². The quantitative estimate of drug-likeness (QED) is 0.764. The molecule has 5 heteroatoms. The van der Waals surface area contributed by atoms with Crippen LogP contribution in [-0.4, -0.2) is 38.1 Å². The van der Waals surface area contributed by atoms with Gasteiger partial charge in [-0.2, -0.15) is 0 Å². The zero-order valence-electron chi connectivity index (χ0n) is 9.49. The van der Waals surface area contributed by atoms with E-state index in [9.17, 15) is 8.78 Å². The lowest BCUT2D eigenvalue weighted by atomic mass is 10.2. The molecule has 3 nitrogen and oxygen atoms in total. The van der Waals surface area contributed by atoms with E-state index >= 15 is 0 Å². The lowest BCUT2D eigenvalue weighted by Gasteiger charge is -2.19. The van der Waals surface area contributed by atoms with Gasteiger partial charge in [-0.1, -0.05) is 6.07 Å². The molecule has 2 rings (SSSR count). The van der Waals surface area contributed by atoms with Crippen LogP contribution in [0.3, 0.4) is 0 Å². The van der Waals surface area contributed by atoms with Gasteiger partial charge < -0.3 is 9.47 Å². The van der Waals surface area contributed by atoms with Crippen molar-refractivity contribution in [2.45, 2.75) is 6.54 Å². The van der Waals surface area contributed by atoms with E-state index in [-0.39, 0.29) is 19.9 Å². The third kappa shape index (κ3) is 3.06. The van der Waals surface area contributed by atoms with Gasteiger partial charge in [0.15, 0.2) is 11.5 Å². The molecular formula is C12H15F2NO2. The van der Waals surface area contributed by atoms with Crippen molar-refractivity contribution in [1.29, 1.82) is 0 Å². The predicted octanol–water partition coefficient (Wildman–Crippen LogP) is 2.16. The second-order valence-electron chi connectivity index (χ2n) is 3.84. The van der Waals surface area contributed by atoms with Gasteiger partial charge >= 0.3 is 0 Å². The average molecular weight is 243 g/mol. The van der Waals surface area contributed by atoms with Crippen LogP contribution in [0.2, 0.25) is 0 Å². The molecule has 1 aromatic rings. The summed E-state index contributed by atoms with van der Waals surface area (Å²) in [7, 11) is 0. The molecule has 17 heavy (non-hydrogen) atoms. The fourth-order valence-corrected chi connectivity index (χ4v) is 1.81. The van der Waals surface area contributed by atoms with Crippen molar-refractivity contribution in [3.05, 3.63) is 23.8 Å². The summed E-state index contributed by atoms with van der Waals surface area (Å²) in [5, 5.41) is 0. The molecule has 0 aliphatic carbocycles. The third-order valence-corrected chi connectivity index (χ3v) is 2.64. The standard InChI is InChI=1S/C12H15F2NO2/c13-3-5-15(6-4-14)8-10-1-2-11-12(7-10)17-9-16-11/h1-2,7H,3-6,8-9H2. The Hall–Kier alpha value is -1.36. The van der Waals surface area contributed by atoms with Crippen LogP contribution in [0.25, 0.3) is 0 Å². The summed E-state index contributed by atoms with van der Waals surface area (Å²) in [6.45, 7) is 0.313. The normalized spacial score (nSPS) is 13.4. The lowest BCUT2D eigenvalue weighted by molar-refractivity contribution is 0.174. The Bertz CT molecular complexity index is 368. The number of alkyl halides is 2. The molecule has 0 aromatic heterocycles. The number of ether oxygens (including phenoxy) is 2. The van der Waals surface area contributed by atoms with Crippen molar-refractivity contribution >= 4 is 0 Å². The number of halogens is 2. The Morgan fingerprint density at radius 3 is 2.47 bits per heavy atom. The minimum Gasteiger partial charge on any atom is -0.454 e. The van der Waals surface area contributed by atoms with E-state index in [4.69, 9.17) is 9.47 Å². The van der Waals surface area contributed by atoms with Crippen LogP contribution in [0.4, 0.5) is 8.78 Å². The molecule has 0 unspecified atom stereocenters. The van der Waals surface area contributed by atoms with E-state index in [0.717, 1.165) is 11.3 Å². The number of hydrogen-bond donors (Lipinski definition) is 0. The fourth-order valence-electron chi connectivity index (χ4n) is 1.81. The molecule has 1 aliphatic heterocycles. The Kier molecular flexibility index (Phi) is 4.14. The van der Waals surface area contributed by atoms with Gasteiger partial charge in [0.2, 0.25) is 6.79 Å². The highest BCUT2D eigenvalue weighted by Gasteiger charge is 2.14. The molecule has 0 bridgehead atoms. The van der Waals surface area contributed by atoms with E-state index in [1.165, 1.54) is 0 Å². The van der Waals surface area contributed by atoms with Gasteiger partial charge in [-0.05, 0) is 17.7 Å². The number of hydrogen-bond acceptors (Lipinski definition) is 3. The zero-order valence-corrected chi connectivity index (χ0v) is 9.49. The lowest BCUT2D eigenvalue weighted by Crippen LogP contribution is -2.27. The summed E-state index contributed by atoms with van der Waals surface area (Å²) in [6.07, 6.45) is 0. The van der Waals surface area contributed by atoms with Crippen LogP contribution in [0.15, 0.2) is 18.2 Å². The Morgan fingerprint density at radius 2 is 1.76 bits per heavy atom. The van der Waals surface area contributed by atoms with Gasteiger partial charge in [0.25, 0.3) is 0 Å². The van der Waals surface area contributed by atoms with Crippen molar-refractivity contribution in [2.75, 3.05) is 33.2 Å². The minimum absolute atomic E-state index is 0.234. The van der Waals surface area contributed by atoms with E-state index in [1.807, 2.05) is 18.2 Å². The molecule has 1 aromatic carbocycles. The number of rotatable bonds is 6. The van der Waals surface area contributed by atoms with Crippen LogP contribution in [-0.2, 0) is 6.54 Å². The predicted molar refractivity (Wildman–Crippen MR) is 59.8 cm³/mol. The SMILES string of the molecule is FCCN(CCF)Cc1ccc2c(c1)OCO2. The maximum absolute atomic E-state index is 12.3. The summed E-state index contributed by atoms with van der Waals surface area (Å²) in [6, 6.07) is 5.56. The molecule has 94 valence electrons. The first-order valence-corrected chi connectivity index (χ1v) is 5.56. The van der Waals surface area contributed by atoms with Gasteiger partial charge in [-0.25, -0.2) is 8.78 Å². The van der Waals surface area contributed by atoms with E-state index < -0.39 is 13.3 Å². The summed E-state index contributed by atoms with van der Waals surface area (Å²) >= 11 is 0. The third-order valence-electron chi connectivity index (χ3n) is 2.64. The smallest absolute Gasteiger partial charge is 0.231 e. The molecule has 0 radical (unpaired) electrons.